The Hall–Kier alpha value is -3.30. The van der Waals surface area contributed by atoms with Gasteiger partial charge in [-0.1, -0.05) is 25.8 Å². The number of likely N-dealkylation sites (tertiary alicyclic amines) is 1. The highest BCUT2D eigenvalue weighted by Crippen LogP contribution is 2.64. The maximum absolute atomic E-state index is 14.0. The minimum absolute atomic E-state index is 0.0636. The number of hydrogen-bond donors (Lipinski definition) is 0. The van der Waals surface area contributed by atoms with Crippen molar-refractivity contribution in [2.45, 2.75) is 96.7 Å². The third kappa shape index (κ3) is 4.85. The Morgan fingerprint density at radius 2 is 1.93 bits per heavy atom. The first kappa shape index (κ1) is 28.5. The quantitative estimate of drug-likeness (QED) is 0.254. The van der Waals surface area contributed by atoms with Crippen molar-refractivity contribution < 1.29 is 19.1 Å². The molecule has 2 aliphatic heterocycles. The summed E-state index contributed by atoms with van der Waals surface area (Å²) in [5, 5.41) is 0. The molecular weight excluding hydrogens is 536 g/mol. The molecule has 0 N–H and O–H groups in total. The van der Waals surface area contributed by atoms with Gasteiger partial charge in [0.2, 0.25) is 0 Å². The van der Waals surface area contributed by atoms with Crippen molar-refractivity contribution in [3.8, 4) is 23.3 Å². The van der Waals surface area contributed by atoms with Gasteiger partial charge < -0.3 is 14.4 Å². The van der Waals surface area contributed by atoms with E-state index in [0.29, 0.717) is 30.2 Å². The average molecular weight is 581 g/mol. The first-order valence-electron chi connectivity index (χ1n) is 16.3. The summed E-state index contributed by atoms with van der Waals surface area (Å²) in [6, 6.07) is 10.4. The molecule has 43 heavy (non-hydrogen) atoms. The highest BCUT2D eigenvalue weighted by Gasteiger charge is 2.66. The molecule has 2 aromatic carbocycles. The van der Waals surface area contributed by atoms with E-state index in [1.165, 1.54) is 36.5 Å². The van der Waals surface area contributed by atoms with E-state index in [1.54, 1.807) is 0 Å². The van der Waals surface area contributed by atoms with E-state index in [0.717, 1.165) is 61.6 Å². The molecule has 226 valence electrons. The Morgan fingerprint density at radius 1 is 1.12 bits per heavy atom. The summed E-state index contributed by atoms with van der Waals surface area (Å²) < 4.78 is 12.8. The minimum Gasteiger partial charge on any atom is -0.487 e. The van der Waals surface area contributed by atoms with Crippen molar-refractivity contribution in [2.24, 2.45) is 17.8 Å². The van der Waals surface area contributed by atoms with E-state index in [2.05, 4.69) is 56.6 Å². The van der Waals surface area contributed by atoms with E-state index in [9.17, 15) is 9.59 Å². The molecule has 2 heterocycles. The number of piperidine rings is 1. The first-order valence-corrected chi connectivity index (χ1v) is 16.3. The van der Waals surface area contributed by atoms with Crippen LogP contribution in [0.1, 0.15) is 80.7 Å². The van der Waals surface area contributed by atoms with Gasteiger partial charge in [-0.3, -0.25) is 14.5 Å². The molecule has 1 saturated heterocycles. The summed E-state index contributed by atoms with van der Waals surface area (Å²) in [5.41, 5.74) is 5.48. The number of rotatable bonds is 6. The lowest BCUT2D eigenvalue weighted by Gasteiger charge is -2.60. The van der Waals surface area contributed by atoms with Crippen LogP contribution >= 0.6 is 0 Å². The molecule has 6 heteroatoms. The lowest BCUT2D eigenvalue weighted by Crippen LogP contribution is -2.69. The fraction of sp³-hybridized carbons (Fsp3) is 0.568. The maximum atomic E-state index is 14.0. The lowest BCUT2D eigenvalue weighted by molar-refractivity contribution is -0.138. The van der Waals surface area contributed by atoms with Gasteiger partial charge in [0.15, 0.2) is 0 Å². The van der Waals surface area contributed by atoms with Crippen LogP contribution in [0.2, 0.25) is 0 Å². The van der Waals surface area contributed by atoms with Gasteiger partial charge in [0.05, 0.1) is 6.04 Å². The van der Waals surface area contributed by atoms with Gasteiger partial charge in [0.1, 0.15) is 17.6 Å². The molecule has 0 aromatic heterocycles. The second-order valence-corrected chi connectivity index (χ2v) is 14.2. The Balaban J connectivity index is 1.27. The average Bonchev–Trinajstić information content (AvgIpc) is 3.72. The van der Waals surface area contributed by atoms with Crippen molar-refractivity contribution in [3.05, 3.63) is 58.1 Å². The summed E-state index contributed by atoms with van der Waals surface area (Å²) in [6.07, 6.45) is 6.40. The summed E-state index contributed by atoms with van der Waals surface area (Å²) in [4.78, 5) is 30.9. The highest BCUT2D eigenvalue weighted by molar-refractivity contribution is 5.94. The van der Waals surface area contributed by atoms with E-state index >= 15 is 0 Å². The van der Waals surface area contributed by atoms with Gasteiger partial charge in [0.25, 0.3) is 5.91 Å². The molecule has 3 fully saturated rings. The molecule has 2 aromatic rings. The maximum Gasteiger partial charge on any atom is 0.308 e. The molecule has 5 aliphatic rings. The molecule has 5 atom stereocenters. The predicted molar refractivity (Wildman–Crippen MR) is 166 cm³/mol. The number of carbonyl (C=O) groups excluding carboxylic acids is 2. The van der Waals surface area contributed by atoms with Crippen LogP contribution in [0.3, 0.4) is 0 Å². The van der Waals surface area contributed by atoms with Gasteiger partial charge >= 0.3 is 5.97 Å². The molecule has 0 radical (unpaired) electrons. The van der Waals surface area contributed by atoms with Crippen molar-refractivity contribution in [3.63, 3.8) is 0 Å². The summed E-state index contributed by atoms with van der Waals surface area (Å²) in [5.74, 6) is 8.96. The molecule has 7 rings (SSSR count). The predicted octanol–water partition coefficient (Wildman–Crippen LogP) is 5.58. The van der Waals surface area contributed by atoms with Gasteiger partial charge in [-0.05, 0) is 112 Å². The number of esters is 1. The second-order valence-electron chi connectivity index (χ2n) is 14.2. The van der Waals surface area contributed by atoms with Crippen LogP contribution in [0, 0.1) is 43.4 Å². The zero-order valence-electron chi connectivity index (χ0n) is 26.2. The Morgan fingerprint density at radius 3 is 2.65 bits per heavy atom. The Kier molecular flexibility index (Phi) is 7.08. The standard InChI is InChI=1S/C37H44N2O4/c1-22(2)20-39(34(41)15-10-26-7-6-23(3)24(4)18-26)30-12-11-29-31-19-28-32(42-25(5)40)13-14-33-35(28)37(29,36(30)43-33)16-17-38(31)21-27-8-9-27/h6-7,13-14,18,22,27,29-31,36H,8-9,11-12,16-17,19-21H2,1-5H3/t29-,30-,31+,36-,37-/m0/s1. The zero-order valence-corrected chi connectivity index (χ0v) is 26.2. The lowest BCUT2D eigenvalue weighted by atomic mass is 9.50. The van der Waals surface area contributed by atoms with Crippen LogP contribution < -0.4 is 9.47 Å². The fourth-order valence-electron chi connectivity index (χ4n) is 8.81. The van der Waals surface area contributed by atoms with E-state index in [1.807, 2.05) is 23.1 Å². The molecule has 0 unspecified atom stereocenters. The van der Waals surface area contributed by atoms with Crippen LogP contribution in [0.15, 0.2) is 30.3 Å². The number of benzene rings is 2. The molecule has 2 saturated carbocycles. The molecule has 6 nitrogen and oxygen atoms in total. The molecule has 2 bridgehead atoms. The van der Waals surface area contributed by atoms with Gasteiger partial charge in [-0.2, -0.15) is 0 Å². The third-order valence-corrected chi connectivity index (χ3v) is 10.9. The topological polar surface area (TPSA) is 59.1 Å². The smallest absolute Gasteiger partial charge is 0.308 e. The highest BCUT2D eigenvalue weighted by atomic mass is 16.5. The molecule has 1 amide bonds. The number of amides is 1. The third-order valence-electron chi connectivity index (χ3n) is 10.9. The number of aryl methyl sites for hydroxylation is 2. The molecule has 3 aliphatic carbocycles. The van der Waals surface area contributed by atoms with Crippen LogP contribution in [0.4, 0.5) is 0 Å². The zero-order chi connectivity index (χ0) is 30.0. The Bertz CT molecular complexity index is 1530. The van der Waals surface area contributed by atoms with Crippen LogP contribution in [-0.4, -0.2) is 59.5 Å². The monoisotopic (exact) mass is 580 g/mol. The van der Waals surface area contributed by atoms with Crippen LogP contribution in [0.25, 0.3) is 0 Å². The van der Waals surface area contributed by atoms with Gasteiger partial charge in [-0.25, -0.2) is 0 Å². The molecule has 1 spiro atoms. The van der Waals surface area contributed by atoms with Crippen molar-refractivity contribution >= 4 is 11.9 Å². The Labute approximate surface area is 256 Å². The normalized spacial score (nSPS) is 28.4. The second kappa shape index (κ2) is 10.7. The van der Waals surface area contributed by atoms with Gasteiger partial charge in [0, 0.05) is 54.1 Å². The summed E-state index contributed by atoms with van der Waals surface area (Å²) in [6.45, 7) is 12.8. The van der Waals surface area contributed by atoms with E-state index in [-0.39, 0.29) is 29.4 Å². The summed E-state index contributed by atoms with van der Waals surface area (Å²) >= 11 is 0. The van der Waals surface area contributed by atoms with Crippen molar-refractivity contribution in [2.75, 3.05) is 19.6 Å². The van der Waals surface area contributed by atoms with E-state index < -0.39 is 0 Å². The van der Waals surface area contributed by atoms with Crippen molar-refractivity contribution in [1.82, 2.24) is 9.80 Å². The van der Waals surface area contributed by atoms with Crippen LogP contribution in [0.5, 0.6) is 11.5 Å². The first-order chi connectivity index (χ1) is 20.7. The number of hydrogen-bond acceptors (Lipinski definition) is 5. The number of nitrogens with zero attached hydrogens (tertiary/aromatic N) is 2. The SMILES string of the molecule is CC(=O)Oc1ccc2c3c1C[C@@H]1[C@@H]4CC[C@H](N(CC(C)C)C(=O)C#Cc5ccc(C)c(C)c5)[C@H](O2)[C@]34CCN1CC1CC1. The van der Waals surface area contributed by atoms with Gasteiger partial charge in [-0.15, -0.1) is 0 Å². The fourth-order valence-corrected chi connectivity index (χ4v) is 8.81. The van der Waals surface area contributed by atoms with Crippen molar-refractivity contribution in [1.29, 1.82) is 0 Å². The number of ether oxygens (including phenoxy) is 2. The van der Waals surface area contributed by atoms with E-state index in [4.69, 9.17) is 9.47 Å². The largest absolute Gasteiger partial charge is 0.487 e. The molecular formula is C37H44N2O4. The summed E-state index contributed by atoms with van der Waals surface area (Å²) in [7, 11) is 0. The van der Waals surface area contributed by atoms with Crippen LogP contribution in [-0.2, 0) is 21.4 Å². The number of carbonyl (C=O) groups is 2. The minimum atomic E-state index is -0.288.